The van der Waals surface area contributed by atoms with Crippen LogP contribution < -0.4 is 10.5 Å². The summed E-state index contributed by atoms with van der Waals surface area (Å²) in [4.78, 5) is 11.1. The van der Waals surface area contributed by atoms with Gasteiger partial charge in [0, 0.05) is 12.1 Å². The van der Waals surface area contributed by atoms with Crippen LogP contribution in [0.15, 0.2) is 12.1 Å². The molecule has 0 saturated carbocycles. The first-order valence-corrected chi connectivity index (χ1v) is 5.31. The summed E-state index contributed by atoms with van der Waals surface area (Å²) in [6, 6.07) is 2.79. The van der Waals surface area contributed by atoms with Crippen molar-refractivity contribution in [3.8, 4) is 5.75 Å². The second-order valence-electron chi connectivity index (χ2n) is 3.90. The average Bonchev–Trinajstić information content (AvgIpc) is 2.28. The van der Waals surface area contributed by atoms with Crippen LogP contribution in [0.1, 0.15) is 29.0 Å². The van der Waals surface area contributed by atoms with Crippen molar-refractivity contribution in [1.29, 1.82) is 0 Å². The zero-order chi connectivity index (χ0) is 13.9. The number of halogens is 2. The molecule has 6 heteroatoms. The minimum atomic E-state index is -2.73. The smallest absolute Gasteiger partial charge is 0.312 e. The van der Waals surface area contributed by atoms with E-state index in [9.17, 15) is 13.6 Å². The van der Waals surface area contributed by atoms with Gasteiger partial charge in [0.05, 0.1) is 18.6 Å². The number of carbonyl (C=O) groups is 1. The Bertz CT molecular complexity index is 449. The van der Waals surface area contributed by atoms with Gasteiger partial charge in [-0.15, -0.1) is 0 Å². The van der Waals surface area contributed by atoms with Gasteiger partial charge in [0.15, 0.2) is 0 Å². The van der Waals surface area contributed by atoms with E-state index < -0.39 is 18.3 Å². The topological polar surface area (TPSA) is 72.5 Å². The Hall–Kier alpha value is -1.69. The number of carboxylic acid groups (broad SMARTS) is 1. The molecule has 0 radical (unpaired) electrons. The van der Waals surface area contributed by atoms with Crippen molar-refractivity contribution < 1.29 is 23.4 Å². The second kappa shape index (κ2) is 5.77. The van der Waals surface area contributed by atoms with Crippen molar-refractivity contribution in [3.63, 3.8) is 0 Å². The highest BCUT2D eigenvalue weighted by Gasteiger charge is 2.26. The Morgan fingerprint density at radius 2 is 2.00 bits per heavy atom. The molecule has 0 fully saturated rings. The molecule has 0 aliphatic carbocycles. The van der Waals surface area contributed by atoms with Gasteiger partial charge in [-0.3, -0.25) is 4.79 Å². The number of aliphatic carboxylic acids is 1. The van der Waals surface area contributed by atoms with E-state index >= 15 is 0 Å². The lowest BCUT2D eigenvalue weighted by Crippen LogP contribution is -2.22. The van der Waals surface area contributed by atoms with Crippen molar-refractivity contribution in [3.05, 3.63) is 28.8 Å². The third-order valence-corrected chi connectivity index (χ3v) is 2.64. The minimum absolute atomic E-state index is 0.103. The SMILES string of the molecule is COc1c(C(F)F)cc(C)cc1C(CN)C(=O)O. The third kappa shape index (κ3) is 2.76. The average molecular weight is 259 g/mol. The van der Waals surface area contributed by atoms with Crippen LogP contribution in [-0.4, -0.2) is 24.7 Å². The molecule has 0 aromatic heterocycles. The van der Waals surface area contributed by atoms with Gasteiger partial charge in [0.25, 0.3) is 6.43 Å². The fourth-order valence-electron chi connectivity index (χ4n) is 1.85. The number of hydrogen-bond donors (Lipinski definition) is 2. The fourth-order valence-corrected chi connectivity index (χ4v) is 1.85. The predicted octanol–water partition coefficient (Wildman–Crippen LogP) is 2.07. The maximum absolute atomic E-state index is 12.9. The van der Waals surface area contributed by atoms with Crippen molar-refractivity contribution >= 4 is 5.97 Å². The van der Waals surface area contributed by atoms with Crippen LogP contribution >= 0.6 is 0 Å². The summed E-state index contributed by atoms with van der Waals surface area (Å²) in [6.45, 7) is 1.43. The molecule has 3 N–H and O–H groups in total. The summed E-state index contributed by atoms with van der Waals surface area (Å²) in [5, 5.41) is 9.04. The second-order valence-corrected chi connectivity index (χ2v) is 3.90. The third-order valence-electron chi connectivity index (χ3n) is 2.64. The molecular formula is C12H15F2NO3. The van der Waals surface area contributed by atoms with Crippen molar-refractivity contribution in [2.75, 3.05) is 13.7 Å². The molecular weight excluding hydrogens is 244 g/mol. The molecule has 1 rings (SSSR count). The van der Waals surface area contributed by atoms with E-state index in [1.165, 1.54) is 19.2 Å². The highest BCUT2D eigenvalue weighted by atomic mass is 19.3. The van der Waals surface area contributed by atoms with E-state index in [2.05, 4.69) is 0 Å². The molecule has 0 aliphatic rings. The first-order valence-electron chi connectivity index (χ1n) is 5.31. The largest absolute Gasteiger partial charge is 0.496 e. The van der Waals surface area contributed by atoms with Crippen LogP contribution in [0.2, 0.25) is 0 Å². The van der Waals surface area contributed by atoms with E-state index in [1.807, 2.05) is 0 Å². The summed E-state index contributed by atoms with van der Waals surface area (Å²) in [5.74, 6) is -2.33. The summed E-state index contributed by atoms with van der Waals surface area (Å²) < 4.78 is 30.7. The van der Waals surface area contributed by atoms with Gasteiger partial charge in [-0.25, -0.2) is 8.78 Å². The van der Waals surface area contributed by atoms with E-state index in [0.29, 0.717) is 5.56 Å². The number of ether oxygens (including phenoxy) is 1. The molecule has 4 nitrogen and oxygen atoms in total. The summed E-state index contributed by atoms with van der Waals surface area (Å²) in [7, 11) is 1.23. The Labute approximate surface area is 103 Å². The molecule has 0 heterocycles. The van der Waals surface area contributed by atoms with Gasteiger partial charge in [0.2, 0.25) is 0 Å². The summed E-state index contributed by atoms with van der Waals surface area (Å²) in [5.41, 5.74) is 5.79. The molecule has 0 aliphatic heterocycles. The molecule has 18 heavy (non-hydrogen) atoms. The first-order chi connectivity index (χ1) is 8.42. The van der Waals surface area contributed by atoms with Gasteiger partial charge >= 0.3 is 5.97 Å². The van der Waals surface area contributed by atoms with Crippen LogP contribution in [0.5, 0.6) is 5.75 Å². The van der Waals surface area contributed by atoms with Gasteiger partial charge < -0.3 is 15.6 Å². The van der Waals surface area contributed by atoms with Gasteiger partial charge in [-0.05, 0) is 13.0 Å². The lowest BCUT2D eigenvalue weighted by atomic mass is 9.94. The number of alkyl halides is 2. The molecule has 0 bridgehead atoms. The van der Waals surface area contributed by atoms with Crippen LogP contribution in [0.3, 0.4) is 0 Å². The fraction of sp³-hybridized carbons (Fsp3) is 0.417. The van der Waals surface area contributed by atoms with E-state index in [1.54, 1.807) is 6.92 Å². The van der Waals surface area contributed by atoms with E-state index in [0.717, 1.165) is 0 Å². The van der Waals surface area contributed by atoms with Crippen LogP contribution in [0.4, 0.5) is 8.78 Å². The molecule has 0 saturated heterocycles. The molecule has 1 aromatic carbocycles. The number of rotatable bonds is 5. The van der Waals surface area contributed by atoms with Crippen molar-refractivity contribution in [2.24, 2.45) is 5.73 Å². The van der Waals surface area contributed by atoms with E-state index in [-0.39, 0.29) is 23.4 Å². The molecule has 100 valence electrons. The van der Waals surface area contributed by atoms with Gasteiger partial charge in [-0.1, -0.05) is 11.6 Å². The number of aryl methyl sites for hydroxylation is 1. The lowest BCUT2D eigenvalue weighted by molar-refractivity contribution is -0.138. The number of hydrogen-bond acceptors (Lipinski definition) is 3. The molecule has 1 unspecified atom stereocenters. The zero-order valence-corrected chi connectivity index (χ0v) is 10.1. The highest BCUT2D eigenvalue weighted by molar-refractivity contribution is 5.78. The van der Waals surface area contributed by atoms with E-state index in [4.69, 9.17) is 15.6 Å². The number of methoxy groups -OCH3 is 1. The summed E-state index contributed by atoms with van der Waals surface area (Å²) in [6.07, 6.45) is -2.73. The van der Waals surface area contributed by atoms with Crippen molar-refractivity contribution in [1.82, 2.24) is 0 Å². The maximum atomic E-state index is 12.9. The Kier molecular flexibility index (Phi) is 4.61. The van der Waals surface area contributed by atoms with Gasteiger partial charge in [0.1, 0.15) is 5.75 Å². The van der Waals surface area contributed by atoms with Crippen LogP contribution in [0, 0.1) is 6.92 Å². The molecule has 0 spiro atoms. The first kappa shape index (κ1) is 14.4. The Morgan fingerprint density at radius 1 is 1.44 bits per heavy atom. The Morgan fingerprint density at radius 3 is 2.39 bits per heavy atom. The normalized spacial score (nSPS) is 12.6. The quantitative estimate of drug-likeness (QED) is 0.849. The van der Waals surface area contributed by atoms with Crippen molar-refractivity contribution in [2.45, 2.75) is 19.3 Å². The standard InChI is InChI=1S/C12H15F2NO3/c1-6-3-7(9(5-15)12(16)17)10(18-2)8(4-6)11(13)14/h3-4,9,11H,5,15H2,1-2H3,(H,16,17). The molecule has 0 amide bonds. The zero-order valence-electron chi connectivity index (χ0n) is 10.1. The molecule has 1 aromatic rings. The van der Waals surface area contributed by atoms with Gasteiger partial charge in [-0.2, -0.15) is 0 Å². The van der Waals surface area contributed by atoms with Crippen LogP contribution in [0.25, 0.3) is 0 Å². The Balaban J connectivity index is 3.46. The number of benzene rings is 1. The molecule has 1 atom stereocenters. The number of nitrogens with two attached hydrogens (primary N) is 1. The lowest BCUT2D eigenvalue weighted by Gasteiger charge is -2.18. The van der Waals surface area contributed by atoms with Crippen LogP contribution in [-0.2, 0) is 4.79 Å². The number of carboxylic acids is 1. The maximum Gasteiger partial charge on any atom is 0.312 e. The monoisotopic (exact) mass is 259 g/mol. The minimum Gasteiger partial charge on any atom is -0.496 e. The summed E-state index contributed by atoms with van der Waals surface area (Å²) >= 11 is 0. The predicted molar refractivity (Wildman–Crippen MR) is 62.1 cm³/mol. The highest BCUT2D eigenvalue weighted by Crippen LogP contribution is 2.36.